The van der Waals surface area contributed by atoms with E-state index in [0.717, 1.165) is 18.8 Å². The van der Waals surface area contributed by atoms with Gasteiger partial charge < -0.3 is 10.2 Å². The molecule has 96 valence electrons. The average Bonchev–Trinajstić information content (AvgIpc) is 2.76. The number of nitrogens with zero attached hydrogens (tertiary/aromatic N) is 4. The molecule has 0 spiro atoms. The Bertz CT molecular complexity index is 316. The van der Waals surface area contributed by atoms with Gasteiger partial charge in [0.25, 0.3) is 0 Å². The van der Waals surface area contributed by atoms with Gasteiger partial charge >= 0.3 is 0 Å². The SMILES string of the molecule is Cn1cc(CNCCCN2CCCCC2)nn1. The summed E-state index contributed by atoms with van der Waals surface area (Å²) in [4.78, 5) is 2.58. The summed E-state index contributed by atoms with van der Waals surface area (Å²) in [5, 5.41) is 11.4. The topological polar surface area (TPSA) is 46.0 Å². The van der Waals surface area contributed by atoms with Crippen LogP contribution >= 0.6 is 0 Å². The Kier molecular flexibility index (Phi) is 4.94. The normalized spacial score (nSPS) is 17.5. The summed E-state index contributed by atoms with van der Waals surface area (Å²) in [5.41, 5.74) is 1.02. The summed E-state index contributed by atoms with van der Waals surface area (Å²) in [6, 6.07) is 0. The molecule has 0 unspecified atom stereocenters. The van der Waals surface area contributed by atoms with E-state index in [-0.39, 0.29) is 0 Å². The second kappa shape index (κ2) is 6.71. The zero-order chi connectivity index (χ0) is 11.9. The second-order valence-electron chi connectivity index (χ2n) is 4.82. The summed E-state index contributed by atoms with van der Waals surface area (Å²) in [5.74, 6) is 0. The molecule has 0 atom stereocenters. The van der Waals surface area contributed by atoms with E-state index in [1.54, 1.807) is 4.68 Å². The third-order valence-electron chi connectivity index (χ3n) is 3.23. The first-order valence-corrected chi connectivity index (χ1v) is 6.63. The molecular weight excluding hydrogens is 214 g/mol. The number of hydrogen-bond donors (Lipinski definition) is 1. The van der Waals surface area contributed by atoms with Crippen molar-refractivity contribution in [3.8, 4) is 0 Å². The molecule has 1 aromatic rings. The molecule has 2 heterocycles. The van der Waals surface area contributed by atoms with Crippen LogP contribution in [0.25, 0.3) is 0 Å². The molecule has 0 amide bonds. The van der Waals surface area contributed by atoms with E-state index >= 15 is 0 Å². The monoisotopic (exact) mass is 237 g/mol. The van der Waals surface area contributed by atoms with Crippen molar-refractivity contribution in [3.63, 3.8) is 0 Å². The molecule has 2 rings (SSSR count). The molecule has 1 N–H and O–H groups in total. The quantitative estimate of drug-likeness (QED) is 0.743. The number of likely N-dealkylation sites (tertiary alicyclic amines) is 1. The Morgan fingerprint density at radius 1 is 1.29 bits per heavy atom. The summed E-state index contributed by atoms with van der Waals surface area (Å²) < 4.78 is 1.74. The van der Waals surface area contributed by atoms with Crippen LogP contribution in [0.3, 0.4) is 0 Å². The molecule has 1 aliphatic heterocycles. The van der Waals surface area contributed by atoms with E-state index in [9.17, 15) is 0 Å². The van der Waals surface area contributed by atoms with Gasteiger partial charge in [-0.25, -0.2) is 0 Å². The maximum absolute atomic E-state index is 4.04. The lowest BCUT2D eigenvalue weighted by molar-refractivity contribution is 0.225. The van der Waals surface area contributed by atoms with Crippen molar-refractivity contribution in [2.24, 2.45) is 7.05 Å². The van der Waals surface area contributed by atoms with Crippen LogP contribution in [0.2, 0.25) is 0 Å². The maximum atomic E-state index is 4.04. The van der Waals surface area contributed by atoms with Gasteiger partial charge in [-0.3, -0.25) is 4.68 Å². The molecule has 1 aromatic heterocycles. The lowest BCUT2D eigenvalue weighted by Gasteiger charge is -2.26. The van der Waals surface area contributed by atoms with Gasteiger partial charge in [-0.15, -0.1) is 5.10 Å². The third kappa shape index (κ3) is 4.44. The lowest BCUT2D eigenvalue weighted by atomic mass is 10.1. The summed E-state index contributed by atoms with van der Waals surface area (Å²) in [7, 11) is 1.90. The van der Waals surface area contributed by atoms with Crippen molar-refractivity contribution >= 4 is 0 Å². The van der Waals surface area contributed by atoms with Crippen LogP contribution in [0.5, 0.6) is 0 Å². The zero-order valence-electron chi connectivity index (χ0n) is 10.7. The van der Waals surface area contributed by atoms with Gasteiger partial charge in [-0.2, -0.15) is 0 Å². The molecule has 1 saturated heterocycles. The van der Waals surface area contributed by atoms with E-state index in [0.29, 0.717) is 0 Å². The van der Waals surface area contributed by atoms with Crippen LogP contribution in [0.4, 0.5) is 0 Å². The first kappa shape index (κ1) is 12.5. The molecule has 0 radical (unpaired) electrons. The number of aryl methyl sites for hydroxylation is 1. The van der Waals surface area contributed by atoms with Gasteiger partial charge in [0.15, 0.2) is 0 Å². The molecule has 0 saturated carbocycles. The van der Waals surface area contributed by atoms with Crippen molar-refractivity contribution in [3.05, 3.63) is 11.9 Å². The minimum atomic E-state index is 0.827. The van der Waals surface area contributed by atoms with Crippen LogP contribution in [0.15, 0.2) is 6.20 Å². The molecule has 1 fully saturated rings. The largest absolute Gasteiger partial charge is 0.311 e. The Labute approximate surface area is 103 Å². The fourth-order valence-electron chi connectivity index (χ4n) is 2.30. The van der Waals surface area contributed by atoms with E-state index < -0.39 is 0 Å². The first-order chi connectivity index (χ1) is 8.34. The Balaban J connectivity index is 1.51. The standard InChI is InChI=1S/C12H23N5/c1-16-11-12(14-15-16)10-13-6-5-9-17-7-3-2-4-8-17/h11,13H,2-10H2,1H3. The fraction of sp³-hybridized carbons (Fsp3) is 0.833. The Hall–Kier alpha value is -0.940. The maximum Gasteiger partial charge on any atom is 0.0964 e. The highest BCUT2D eigenvalue weighted by molar-refractivity contribution is 4.90. The van der Waals surface area contributed by atoms with Gasteiger partial charge in [0.1, 0.15) is 0 Å². The lowest BCUT2D eigenvalue weighted by Crippen LogP contribution is -2.32. The molecule has 0 aliphatic carbocycles. The van der Waals surface area contributed by atoms with E-state index in [1.165, 1.54) is 45.3 Å². The van der Waals surface area contributed by atoms with Crippen LogP contribution in [0.1, 0.15) is 31.4 Å². The van der Waals surface area contributed by atoms with Crippen molar-refractivity contribution in [1.82, 2.24) is 25.2 Å². The van der Waals surface area contributed by atoms with E-state index in [4.69, 9.17) is 0 Å². The van der Waals surface area contributed by atoms with Crippen LogP contribution in [0, 0.1) is 0 Å². The van der Waals surface area contributed by atoms with Crippen LogP contribution in [-0.2, 0) is 13.6 Å². The van der Waals surface area contributed by atoms with Gasteiger partial charge in [0, 0.05) is 19.8 Å². The van der Waals surface area contributed by atoms with E-state index in [1.807, 2.05) is 13.2 Å². The number of aromatic nitrogens is 3. The Morgan fingerprint density at radius 2 is 2.12 bits per heavy atom. The zero-order valence-corrected chi connectivity index (χ0v) is 10.7. The number of hydrogen-bond acceptors (Lipinski definition) is 4. The van der Waals surface area contributed by atoms with Crippen molar-refractivity contribution in [2.75, 3.05) is 26.2 Å². The van der Waals surface area contributed by atoms with Crippen molar-refractivity contribution in [2.45, 2.75) is 32.2 Å². The number of rotatable bonds is 6. The Morgan fingerprint density at radius 3 is 2.82 bits per heavy atom. The fourth-order valence-corrected chi connectivity index (χ4v) is 2.30. The highest BCUT2D eigenvalue weighted by atomic mass is 15.4. The number of nitrogens with one attached hydrogen (secondary N) is 1. The van der Waals surface area contributed by atoms with Gasteiger partial charge in [-0.05, 0) is 45.4 Å². The minimum absolute atomic E-state index is 0.827. The summed E-state index contributed by atoms with van der Waals surface area (Å²) in [6.45, 7) is 5.71. The molecule has 0 aromatic carbocycles. The van der Waals surface area contributed by atoms with Crippen LogP contribution in [-0.4, -0.2) is 46.1 Å². The van der Waals surface area contributed by atoms with Crippen molar-refractivity contribution < 1.29 is 0 Å². The molecule has 5 heteroatoms. The first-order valence-electron chi connectivity index (χ1n) is 6.63. The molecule has 5 nitrogen and oxygen atoms in total. The smallest absolute Gasteiger partial charge is 0.0964 e. The van der Waals surface area contributed by atoms with Crippen molar-refractivity contribution in [1.29, 1.82) is 0 Å². The second-order valence-corrected chi connectivity index (χ2v) is 4.82. The summed E-state index contributed by atoms with van der Waals surface area (Å²) >= 11 is 0. The van der Waals surface area contributed by atoms with Gasteiger partial charge in [-0.1, -0.05) is 11.6 Å². The molecule has 17 heavy (non-hydrogen) atoms. The summed E-state index contributed by atoms with van der Waals surface area (Å²) in [6.07, 6.45) is 7.36. The van der Waals surface area contributed by atoms with Crippen LogP contribution < -0.4 is 5.32 Å². The highest BCUT2D eigenvalue weighted by Gasteiger charge is 2.08. The number of piperidine rings is 1. The predicted octanol–water partition coefficient (Wildman–Crippen LogP) is 0.781. The van der Waals surface area contributed by atoms with Gasteiger partial charge in [0.05, 0.1) is 5.69 Å². The molecular formula is C12H23N5. The predicted molar refractivity (Wildman–Crippen MR) is 67.6 cm³/mol. The van der Waals surface area contributed by atoms with Gasteiger partial charge in [0.2, 0.25) is 0 Å². The van der Waals surface area contributed by atoms with E-state index in [2.05, 4.69) is 20.5 Å². The molecule has 1 aliphatic rings. The minimum Gasteiger partial charge on any atom is -0.311 e. The highest BCUT2D eigenvalue weighted by Crippen LogP contribution is 2.08. The molecule has 0 bridgehead atoms. The third-order valence-corrected chi connectivity index (χ3v) is 3.23. The average molecular weight is 237 g/mol.